The van der Waals surface area contributed by atoms with Crippen molar-refractivity contribution < 1.29 is 9.13 Å². The SMILES string of the molecule is COc1ccc(-c2nc3c(Cl)cc(Cl)cn3c2N)cc1F. The fourth-order valence-corrected chi connectivity index (χ4v) is 2.63. The molecule has 3 rings (SSSR count). The molecule has 0 radical (unpaired) electrons. The number of nitrogens with zero attached hydrogens (tertiary/aromatic N) is 2. The molecule has 21 heavy (non-hydrogen) atoms. The number of benzene rings is 1. The number of rotatable bonds is 2. The van der Waals surface area contributed by atoms with Crippen LogP contribution in [0.1, 0.15) is 0 Å². The van der Waals surface area contributed by atoms with E-state index in [1.807, 2.05) is 0 Å². The number of hydrogen-bond donors (Lipinski definition) is 1. The Bertz CT molecular complexity index is 848. The van der Waals surface area contributed by atoms with Crippen molar-refractivity contribution in [2.75, 3.05) is 12.8 Å². The second kappa shape index (κ2) is 5.09. The Hall–Kier alpha value is -1.98. The lowest BCUT2D eigenvalue weighted by molar-refractivity contribution is 0.386. The average Bonchev–Trinajstić information content (AvgIpc) is 2.77. The topological polar surface area (TPSA) is 52.5 Å². The summed E-state index contributed by atoms with van der Waals surface area (Å²) in [6.07, 6.45) is 1.61. The highest BCUT2D eigenvalue weighted by molar-refractivity contribution is 6.36. The average molecular weight is 326 g/mol. The third-order valence-corrected chi connectivity index (χ3v) is 3.59. The number of hydrogen-bond acceptors (Lipinski definition) is 3. The molecule has 0 aliphatic heterocycles. The monoisotopic (exact) mass is 325 g/mol. The molecule has 3 aromatic rings. The van der Waals surface area contributed by atoms with Gasteiger partial charge in [0.25, 0.3) is 0 Å². The Balaban J connectivity index is 2.23. The third-order valence-electron chi connectivity index (χ3n) is 3.10. The number of methoxy groups -OCH3 is 1. The molecule has 4 nitrogen and oxygen atoms in total. The molecule has 2 heterocycles. The molecule has 2 N–H and O–H groups in total. The quantitative estimate of drug-likeness (QED) is 0.773. The summed E-state index contributed by atoms with van der Waals surface area (Å²) in [5.41, 5.74) is 7.48. The molecular formula is C14H10Cl2FN3O. The van der Waals surface area contributed by atoms with Crippen LogP contribution in [0.15, 0.2) is 30.5 Å². The highest BCUT2D eigenvalue weighted by Crippen LogP contribution is 2.32. The van der Waals surface area contributed by atoms with Crippen LogP contribution in [0.25, 0.3) is 16.9 Å². The number of fused-ring (bicyclic) bond motifs is 1. The van der Waals surface area contributed by atoms with Crippen molar-refractivity contribution in [3.05, 3.63) is 46.3 Å². The Morgan fingerprint density at radius 1 is 1.29 bits per heavy atom. The predicted octanol–water partition coefficient (Wildman–Crippen LogP) is 4.04. The van der Waals surface area contributed by atoms with E-state index >= 15 is 0 Å². The molecule has 0 unspecified atom stereocenters. The minimum absolute atomic E-state index is 0.155. The minimum atomic E-state index is -0.490. The fourth-order valence-electron chi connectivity index (χ4n) is 2.12. The molecular weight excluding hydrogens is 316 g/mol. The van der Waals surface area contributed by atoms with Gasteiger partial charge in [-0.1, -0.05) is 23.2 Å². The number of aromatic nitrogens is 2. The molecule has 7 heteroatoms. The molecule has 1 aromatic carbocycles. The van der Waals surface area contributed by atoms with Crippen LogP contribution in [-0.4, -0.2) is 16.5 Å². The van der Waals surface area contributed by atoms with Crippen LogP contribution in [-0.2, 0) is 0 Å². The summed E-state index contributed by atoms with van der Waals surface area (Å²) < 4.78 is 20.3. The molecule has 0 bridgehead atoms. The first-order valence-corrected chi connectivity index (χ1v) is 6.73. The van der Waals surface area contributed by atoms with E-state index < -0.39 is 5.82 Å². The molecule has 0 amide bonds. The summed E-state index contributed by atoms with van der Waals surface area (Å²) in [7, 11) is 1.40. The van der Waals surface area contributed by atoms with Crippen LogP contribution in [0.4, 0.5) is 10.2 Å². The summed E-state index contributed by atoms with van der Waals surface area (Å²) >= 11 is 12.0. The van der Waals surface area contributed by atoms with Crippen LogP contribution in [0.3, 0.4) is 0 Å². The van der Waals surface area contributed by atoms with Crippen molar-refractivity contribution in [3.63, 3.8) is 0 Å². The standard InChI is InChI=1S/C14H10Cl2FN3O/c1-21-11-3-2-7(4-10(11)17)12-13(18)20-6-8(15)5-9(16)14(20)19-12/h2-6H,18H2,1H3. The van der Waals surface area contributed by atoms with E-state index in [1.165, 1.54) is 19.2 Å². The maximum atomic E-state index is 13.8. The van der Waals surface area contributed by atoms with Crippen LogP contribution in [0, 0.1) is 5.82 Å². The summed E-state index contributed by atoms with van der Waals surface area (Å²) in [6, 6.07) is 6.08. The van der Waals surface area contributed by atoms with E-state index in [1.54, 1.807) is 22.7 Å². The molecule has 0 saturated carbocycles. The van der Waals surface area contributed by atoms with Gasteiger partial charge >= 0.3 is 0 Å². The lowest BCUT2D eigenvalue weighted by Crippen LogP contribution is -1.95. The summed E-state index contributed by atoms with van der Waals surface area (Å²) in [5.74, 6) is -0.00304. The van der Waals surface area contributed by atoms with E-state index in [0.29, 0.717) is 32.8 Å². The van der Waals surface area contributed by atoms with Crippen molar-refractivity contribution >= 4 is 34.7 Å². The van der Waals surface area contributed by atoms with Gasteiger partial charge in [-0.2, -0.15) is 0 Å². The summed E-state index contributed by atoms with van der Waals surface area (Å²) in [6.45, 7) is 0. The molecule has 0 spiro atoms. The lowest BCUT2D eigenvalue weighted by atomic mass is 10.1. The van der Waals surface area contributed by atoms with Crippen LogP contribution in [0.5, 0.6) is 5.75 Å². The number of pyridine rings is 1. The van der Waals surface area contributed by atoms with E-state index in [2.05, 4.69) is 4.98 Å². The van der Waals surface area contributed by atoms with Crippen LogP contribution < -0.4 is 10.5 Å². The van der Waals surface area contributed by atoms with Gasteiger partial charge in [-0.05, 0) is 24.3 Å². The first-order chi connectivity index (χ1) is 10.0. The van der Waals surface area contributed by atoms with Gasteiger partial charge in [0, 0.05) is 11.8 Å². The molecule has 108 valence electrons. The number of imidazole rings is 1. The number of halogens is 3. The zero-order valence-corrected chi connectivity index (χ0v) is 12.4. The zero-order chi connectivity index (χ0) is 15.1. The highest BCUT2D eigenvalue weighted by atomic mass is 35.5. The summed E-state index contributed by atoms with van der Waals surface area (Å²) in [5, 5.41) is 0.804. The maximum absolute atomic E-state index is 13.8. The molecule has 0 saturated heterocycles. The van der Waals surface area contributed by atoms with E-state index in [9.17, 15) is 4.39 Å². The van der Waals surface area contributed by atoms with Gasteiger partial charge in [-0.15, -0.1) is 0 Å². The summed E-state index contributed by atoms with van der Waals surface area (Å²) in [4.78, 5) is 4.36. The van der Waals surface area contributed by atoms with Gasteiger partial charge in [0.15, 0.2) is 17.2 Å². The molecule has 0 aliphatic rings. The van der Waals surface area contributed by atoms with E-state index in [0.717, 1.165) is 0 Å². The zero-order valence-electron chi connectivity index (χ0n) is 10.9. The molecule has 0 fully saturated rings. The fraction of sp³-hybridized carbons (Fsp3) is 0.0714. The van der Waals surface area contributed by atoms with Crippen molar-refractivity contribution in [1.82, 2.24) is 9.38 Å². The van der Waals surface area contributed by atoms with E-state index in [-0.39, 0.29) is 5.75 Å². The second-order valence-electron chi connectivity index (χ2n) is 4.39. The van der Waals surface area contributed by atoms with E-state index in [4.69, 9.17) is 33.7 Å². The van der Waals surface area contributed by atoms with Crippen molar-refractivity contribution in [1.29, 1.82) is 0 Å². The minimum Gasteiger partial charge on any atom is -0.494 e. The van der Waals surface area contributed by atoms with Gasteiger partial charge in [0.1, 0.15) is 11.5 Å². The van der Waals surface area contributed by atoms with Gasteiger partial charge < -0.3 is 10.5 Å². The number of ether oxygens (including phenoxy) is 1. The van der Waals surface area contributed by atoms with Gasteiger partial charge in [0.05, 0.1) is 17.2 Å². The Labute approximate surface area is 129 Å². The largest absolute Gasteiger partial charge is 0.494 e. The number of nitrogen functional groups attached to an aromatic ring is 1. The molecule has 0 atom stereocenters. The maximum Gasteiger partial charge on any atom is 0.165 e. The van der Waals surface area contributed by atoms with Gasteiger partial charge in [-0.25, -0.2) is 9.37 Å². The smallest absolute Gasteiger partial charge is 0.165 e. The van der Waals surface area contributed by atoms with Gasteiger partial charge in [-0.3, -0.25) is 4.40 Å². The van der Waals surface area contributed by atoms with Crippen molar-refractivity contribution in [2.45, 2.75) is 0 Å². The third kappa shape index (κ3) is 2.28. The predicted molar refractivity (Wildman–Crippen MR) is 81.6 cm³/mol. The normalized spacial score (nSPS) is 11.0. The van der Waals surface area contributed by atoms with Crippen molar-refractivity contribution in [3.8, 4) is 17.0 Å². The van der Waals surface area contributed by atoms with Gasteiger partial charge in [0.2, 0.25) is 0 Å². The molecule has 0 aliphatic carbocycles. The Morgan fingerprint density at radius 3 is 2.71 bits per heavy atom. The van der Waals surface area contributed by atoms with Crippen LogP contribution in [0.2, 0.25) is 10.0 Å². The highest BCUT2D eigenvalue weighted by Gasteiger charge is 2.15. The number of nitrogens with two attached hydrogens (primary N) is 1. The Kier molecular flexibility index (Phi) is 3.39. The first kappa shape index (κ1) is 14.0. The lowest BCUT2D eigenvalue weighted by Gasteiger charge is -2.04. The first-order valence-electron chi connectivity index (χ1n) is 5.97. The number of anilines is 1. The Morgan fingerprint density at radius 2 is 2.05 bits per heavy atom. The molecule has 2 aromatic heterocycles. The second-order valence-corrected chi connectivity index (χ2v) is 5.24. The van der Waals surface area contributed by atoms with Crippen molar-refractivity contribution in [2.24, 2.45) is 0 Å². The van der Waals surface area contributed by atoms with Crippen LogP contribution >= 0.6 is 23.2 Å².